The summed E-state index contributed by atoms with van der Waals surface area (Å²) in [5.41, 5.74) is 2.41. The van der Waals surface area contributed by atoms with Gasteiger partial charge in [-0.1, -0.05) is 10.3 Å². The Morgan fingerprint density at radius 1 is 1.00 bits per heavy atom. The lowest BCUT2D eigenvalue weighted by Gasteiger charge is -2.01. The summed E-state index contributed by atoms with van der Waals surface area (Å²) >= 11 is 0. The van der Waals surface area contributed by atoms with Gasteiger partial charge in [0.15, 0.2) is 5.82 Å². The Kier molecular flexibility index (Phi) is 5.39. The van der Waals surface area contributed by atoms with Crippen LogP contribution in [0.2, 0.25) is 0 Å². The van der Waals surface area contributed by atoms with Gasteiger partial charge < -0.3 is 25.0 Å². The van der Waals surface area contributed by atoms with Crippen LogP contribution in [0, 0.1) is 6.92 Å². The third kappa shape index (κ3) is 4.40. The molecule has 0 spiro atoms. The van der Waals surface area contributed by atoms with Crippen LogP contribution < -0.4 is 5.32 Å². The van der Waals surface area contributed by atoms with E-state index in [1.54, 1.807) is 25.3 Å². The molecule has 0 atom stereocenters. The first-order valence-electron chi connectivity index (χ1n) is 9.22. The highest BCUT2D eigenvalue weighted by Gasteiger charge is 2.10. The molecule has 0 aromatic carbocycles. The molecule has 5 heterocycles. The molecule has 0 bridgehead atoms. The highest BCUT2D eigenvalue weighted by molar-refractivity contribution is 6.05. The molecule has 0 aliphatic rings. The van der Waals surface area contributed by atoms with Gasteiger partial charge in [-0.15, -0.1) is 0 Å². The molecule has 0 fully saturated rings. The van der Waals surface area contributed by atoms with E-state index in [1.807, 2.05) is 30.5 Å². The Hall–Kier alpha value is -4.54. The van der Waals surface area contributed by atoms with Gasteiger partial charge in [-0.2, -0.15) is 4.98 Å². The molecule has 1 amide bonds. The van der Waals surface area contributed by atoms with Crippen LogP contribution in [0.3, 0.4) is 0 Å². The molecule has 0 radical (unpaired) electrons. The van der Waals surface area contributed by atoms with Gasteiger partial charge in [-0.25, -0.2) is 9.97 Å². The van der Waals surface area contributed by atoms with Gasteiger partial charge >= 0.3 is 0 Å². The summed E-state index contributed by atoms with van der Waals surface area (Å²) in [7, 11) is 0. The molecule has 5 aromatic rings. The summed E-state index contributed by atoms with van der Waals surface area (Å²) < 4.78 is 5.04. The second kappa shape index (κ2) is 8.45. The fourth-order valence-electron chi connectivity index (χ4n) is 2.76. The SMILES string of the molecule is C/C(=N\O)NC(=O)c1ccc2cc[nH]c2n1.Cc1noc(-c2ccc3cc[nH]c3n2)n1. The zero-order valence-electron chi connectivity index (χ0n) is 16.6. The molecular formula is C20H18N8O3. The van der Waals surface area contributed by atoms with Gasteiger partial charge in [0.05, 0.1) is 0 Å². The third-order valence-electron chi connectivity index (χ3n) is 4.24. The molecule has 156 valence electrons. The number of aromatic amines is 2. The van der Waals surface area contributed by atoms with Gasteiger partial charge in [0.1, 0.15) is 28.5 Å². The number of oxime groups is 1. The van der Waals surface area contributed by atoms with Gasteiger partial charge in [0.2, 0.25) is 0 Å². The quantitative estimate of drug-likeness (QED) is 0.148. The van der Waals surface area contributed by atoms with E-state index in [4.69, 9.17) is 9.73 Å². The highest BCUT2D eigenvalue weighted by Crippen LogP contribution is 2.18. The minimum Gasteiger partial charge on any atom is -0.409 e. The molecule has 0 saturated carbocycles. The van der Waals surface area contributed by atoms with E-state index in [9.17, 15) is 4.79 Å². The molecule has 0 unspecified atom stereocenters. The number of carbonyl (C=O) groups is 1. The number of aromatic nitrogens is 6. The summed E-state index contributed by atoms with van der Waals surface area (Å²) in [5, 5.41) is 19.4. The molecule has 11 nitrogen and oxygen atoms in total. The van der Waals surface area contributed by atoms with Gasteiger partial charge in [0.25, 0.3) is 11.8 Å². The van der Waals surface area contributed by atoms with Crippen LogP contribution in [-0.2, 0) is 0 Å². The minimum absolute atomic E-state index is 0.124. The average Bonchev–Trinajstić information content (AvgIpc) is 3.53. The highest BCUT2D eigenvalue weighted by atomic mass is 16.5. The molecular weight excluding hydrogens is 400 g/mol. The number of nitrogens with one attached hydrogen (secondary N) is 3. The normalized spacial score (nSPS) is 11.4. The van der Waals surface area contributed by atoms with E-state index in [-0.39, 0.29) is 11.5 Å². The first-order valence-corrected chi connectivity index (χ1v) is 9.22. The lowest BCUT2D eigenvalue weighted by atomic mass is 10.3. The summed E-state index contributed by atoms with van der Waals surface area (Å²) in [6, 6.07) is 11.1. The number of hydrogen-bond donors (Lipinski definition) is 4. The molecule has 5 rings (SSSR count). The van der Waals surface area contributed by atoms with Crippen molar-refractivity contribution in [2.24, 2.45) is 5.16 Å². The number of H-pyrrole nitrogens is 2. The molecule has 0 aliphatic heterocycles. The van der Waals surface area contributed by atoms with Crippen molar-refractivity contribution in [1.82, 2.24) is 35.4 Å². The third-order valence-corrected chi connectivity index (χ3v) is 4.24. The van der Waals surface area contributed by atoms with Crippen molar-refractivity contribution in [3.8, 4) is 11.6 Å². The number of hydrogen-bond acceptors (Lipinski definition) is 8. The fourth-order valence-corrected chi connectivity index (χ4v) is 2.76. The lowest BCUT2D eigenvalue weighted by molar-refractivity contribution is 0.0970. The summed E-state index contributed by atoms with van der Waals surface area (Å²) in [5.74, 6) is 0.771. The maximum Gasteiger partial charge on any atom is 0.276 e. The smallest absolute Gasteiger partial charge is 0.276 e. The van der Waals surface area contributed by atoms with Crippen LogP contribution >= 0.6 is 0 Å². The van der Waals surface area contributed by atoms with Crippen molar-refractivity contribution in [2.75, 3.05) is 0 Å². The van der Waals surface area contributed by atoms with Crippen LogP contribution in [0.5, 0.6) is 0 Å². The van der Waals surface area contributed by atoms with E-state index in [2.05, 4.69) is 40.5 Å². The van der Waals surface area contributed by atoms with E-state index in [0.717, 1.165) is 16.4 Å². The summed E-state index contributed by atoms with van der Waals surface area (Å²) in [6.45, 7) is 3.26. The Labute approximate surface area is 175 Å². The topological polar surface area (TPSA) is 158 Å². The molecule has 31 heavy (non-hydrogen) atoms. The van der Waals surface area contributed by atoms with E-state index in [1.165, 1.54) is 6.92 Å². The van der Waals surface area contributed by atoms with E-state index < -0.39 is 5.91 Å². The van der Waals surface area contributed by atoms with Crippen molar-refractivity contribution in [3.63, 3.8) is 0 Å². The average molecular weight is 418 g/mol. The second-order valence-electron chi connectivity index (χ2n) is 6.51. The first kappa shape index (κ1) is 19.8. The number of fused-ring (bicyclic) bond motifs is 2. The number of aryl methyl sites for hydroxylation is 1. The van der Waals surface area contributed by atoms with Crippen LogP contribution in [0.4, 0.5) is 0 Å². The lowest BCUT2D eigenvalue weighted by Crippen LogP contribution is -2.28. The number of amides is 1. The maximum atomic E-state index is 11.6. The van der Waals surface area contributed by atoms with Crippen molar-refractivity contribution >= 4 is 33.8 Å². The zero-order valence-corrected chi connectivity index (χ0v) is 16.6. The molecule has 0 saturated heterocycles. The standard InChI is InChI=1S/C10H10N4O2.C10H8N4O/c1-6(14-16)12-10(15)8-3-2-7-4-5-11-9(7)13-8;1-6-12-10(15-14-6)8-3-2-7-4-5-11-9(7)13-8/h2-5,16H,1H3,(H,11,13)(H,12,14,15);2-5H,1H3,(H,11,13). The van der Waals surface area contributed by atoms with Gasteiger partial charge in [0, 0.05) is 23.2 Å². The molecule has 4 N–H and O–H groups in total. The minimum atomic E-state index is -0.410. The van der Waals surface area contributed by atoms with Crippen molar-refractivity contribution in [3.05, 3.63) is 60.3 Å². The first-order chi connectivity index (χ1) is 15.0. The van der Waals surface area contributed by atoms with Crippen LogP contribution in [-0.4, -0.2) is 47.0 Å². The Morgan fingerprint density at radius 2 is 1.68 bits per heavy atom. The van der Waals surface area contributed by atoms with E-state index in [0.29, 0.717) is 23.1 Å². The predicted molar refractivity (Wildman–Crippen MR) is 113 cm³/mol. The zero-order chi connectivity index (χ0) is 21.8. The number of carbonyl (C=O) groups excluding carboxylic acids is 1. The number of nitrogens with zero attached hydrogens (tertiary/aromatic N) is 5. The monoisotopic (exact) mass is 418 g/mol. The Bertz CT molecular complexity index is 1380. The fraction of sp³-hybridized carbons (Fsp3) is 0.100. The summed E-state index contributed by atoms with van der Waals surface area (Å²) in [4.78, 5) is 30.2. The number of amidine groups is 1. The Balaban J connectivity index is 0.000000149. The van der Waals surface area contributed by atoms with Gasteiger partial charge in [-0.05, 0) is 50.2 Å². The second-order valence-corrected chi connectivity index (χ2v) is 6.51. The van der Waals surface area contributed by atoms with E-state index >= 15 is 0 Å². The largest absolute Gasteiger partial charge is 0.409 e. The molecule has 0 aliphatic carbocycles. The van der Waals surface area contributed by atoms with Crippen molar-refractivity contribution in [1.29, 1.82) is 0 Å². The van der Waals surface area contributed by atoms with Crippen LogP contribution in [0.1, 0.15) is 23.2 Å². The van der Waals surface area contributed by atoms with Gasteiger partial charge in [-0.3, -0.25) is 4.79 Å². The predicted octanol–water partition coefficient (Wildman–Crippen LogP) is 3.02. The summed E-state index contributed by atoms with van der Waals surface area (Å²) in [6.07, 6.45) is 3.60. The maximum absolute atomic E-state index is 11.6. The van der Waals surface area contributed by atoms with Crippen molar-refractivity contribution in [2.45, 2.75) is 13.8 Å². The van der Waals surface area contributed by atoms with Crippen molar-refractivity contribution < 1.29 is 14.5 Å². The number of pyridine rings is 2. The molecule has 5 aromatic heterocycles. The Morgan fingerprint density at radius 3 is 2.32 bits per heavy atom. The molecule has 11 heteroatoms. The van der Waals surface area contributed by atoms with Crippen LogP contribution in [0.25, 0.3) is 33.7 Å². The number of rotatable bonds is 2. The van der Waals surface area contributed by atoms with Crippen LogP contribution in [0.15, 0.2) is 58.5 Å².